The van der Waals surface area contributed by atoms with Crippen LogP contribution in [0, 0.1) is 6.92 Å². The summed E-state index contributed by atoms with van der Waals surface area (Å²) in [6.07, 6.45) is 1.91. The Kier molecular flexibility index (Phi) is 4.35. The van der Waals surface area contributed by atoms with Crippen LogP contribution in [0.5, 0.6) is 0 Å². The molecule has 1 heterocycles. The number of thiazole rings is 1. The van der Waals surface area contributed by atoms with E-state index < -0.39 is 0 Å². The van der Waals surface area contributed by atoms with E-state index in [0.29, 0.717) is 0 Å². The van der Waals surface area contributed by atoms with E-state index in [1.807, 2.05) is 36.4 Å². The van der Waals surface area contributed by atoms with Crippen LogP contribution in [0.3, 0.4) is 0 Å². The van der Waals surface area contributed by atoms with Gasteiger partial charge in [-0.15, -0.1) is 17.9 Å². The molecule has 0 N–H and O–H groups in total. The van der Waals surface area contributed by atoms with Crippen molar-refractivity contribution in [1.29, 1.82) is 0 Å². The van der Waals surface area contributed by atoms with Gasteiger partial charge in [-0.2, -0.15) is 0 Å². The molecule has 2 aromatic carbocycles. The van der Waals surface area contributed by atoms with Gasteiger partial charge in [0.05, 0.1) is 11.4 Å². The Hall–Kier alpha value is -2.39. The highest BCUT2D eigenvalue weighted by molar-refractivity contribution is 7.07. The minimum absolute atomic E-state index is 0.748. The lowest BCUT2D eigenvalue weighted by atomic mass is 10.1. The number of rotatable bonds is 4. The zero-order valence-corrected chi connectivity index (χ0v) is 13.4. The van der Waals surface area contributed by atoms with Crippen molar-refractivity contribution in [2.24, 2.45) is 4.99 Å². The monoisotopic (exact) mass is 306 g/mol. The molecule has 0 aliphatic carbocycles. The first-order valence-electron chi connectivity index (χ1n) is 7.24. The van der Waals surface area contributed by atoms with Gasteiger partial charge in [0.2, 0.25) is 0 Å². The zero-order valence-electron chi connectivity index (χ0n) is 12.6. The molecule has 110 valence electrons. The topological polar surface area (TPSA) is 17.3 Å². The Morgan fingerprint density at radius 2 is 1.82 bits per heavy atom. The van der Waals surface area contributed by atoms with Gasteiger partial charge in [0.25, 0.3) is 0 Å². The van der Waals surface area contributed by atoms with Gasteiger partial charge in [-0.05, 0) is 24.6 Å². The molecule has 3 rings (SSSR count). The minimum atomic E-state index is 0.748. The Bertz CT molecular complexity index is 824. The first kappa shape index (κ1) is 14.5. The maximum Gasteiger partial charge on any atom is 0.190 e. The second-order valence-electron chi connectivity index (χ2n) is 5.12. The summed E-state index contributed by atoms with van der Waals surface area (Å²) in [5, 5.41) is 2.16. The molecule has 0 saturated carbocycles. The van der Waals surface area contributed by atoms with Crippen LogP contribution in [0.15, 0.2) is 77.6 Å². The highest BCUT2D eigenvalue weighted by Crippen LogP contribution is 2.21. The maximum absolute atomic E-state index is 4.76. The van der Waals surface area contributed by atoms with E-state index in [1.54, 1.807) is 11.3 Å². The average Bonchev–Trinajstić information content (AvgIpc) is 2.92. The van der Waals surface area contributed by atoms with Gasteiger partial charge >= 0.3 is 0 Å². The van der Waals surface area contributed by atoms with Gasteiger partial charge in [-0.1, -0.05) is 54.1 Å². The Labute approximate surface area is 134 Å². The van der Waals surface area contributed by atoms with Crippen LogP contribution in [0.25, 0.3) is 11.3 Å². The maximum atomic E-state index is 4.76. The van der Waals surface area contributed by atoms with Crippen LogP contribution in [0.2, 0.25) is 0 Å². The molecule has 0 fully saturated rings. The van der Waals surface area contributed by atoms with Crippen molar-refractivity contribution in [2.75, 3.05) is 0 Å². The summed E-state index contributed by atoms with van der Waals surface area (Å²) in [5.41, 5.74) is 4.62. The van der Waals surface area contributed by atoms with Crippen LogP contribution in [0.4, 0.5) is 5.69 Å². The van der Waals surface area contributed by atoms with Crippen LogP contribution in [0.1, 0.15) is 5.56 Å². The summed E-state index contributed by atoms with van der Waals surface area (Å²) >= 11 is 1.66. The zero-order chi connectivity index (χ0) is 15.4. The van der Waals surface area contributed by atoms with Gasteiger partial charge in [0.15, 0.2) is 4.80 Å². The molecule has 0 amide bonds. The van der Waals surface area contributed by atoms with Crippen LogP contribution < -0.4 is 4.80 Å². The van der Waals surface area contributed by atoms with E-state index in [2.05, 4.69) is 47.7 Å². The van der Waals surface area contributed by atoms with Crippen molar-refractivity contribution in [3.05, 3.63) is 83.0 Å². The number of nitrogens with zero attached hydrogens (tertiary/aromatic N) is 2. The third kappa shape index (κ3) is 3.10. The molecule has 0 saturated heterocycles. The van der Waals surface area contributed by atoms with E-state index in [0.717, 1.165) is 17.0 Å². The molecule has 2 nitrogen and oxygen atoms in total. The Morgan fingerprint density at radius 3 is 2.50 bits per heavy atom. The quantitative estimate of drug-likeness (QED) is 0.607. The number of hydrogen-bond acceptors (Lipinski definition) is 2. The number of para-hydroxylation sites is 1. The van der Waals surface area contributed by atoms with Gasteiger partial charge in [-0.25, -0.2) is 4.99 Å². The molecule has 0 spiro atoms. The molecular weight excluding hydrogens is 288 g/mol. The predicted octanol–water partition coefficient (Wildman–Crippen LogP) is 4.94. The molecule has 0 aliphatic heterocycles. The van der Waals surface area contributed by atoms with E-state index >= 15 is 0 Å². The molecule has 1 aromatic heterocycles. The third-order valence-corrected chi connectivity index (χ3v) is 4.30. The van der Waals surface area contributed by atoms with E-state index in [-0.39, 0.29) is 0 Å². The highest BCUT2D eigenvalue weighted by atomic mass is 32.1. The second-order valence-corrected chi connectivity index (χ2v) is 5.95. The average molecular weight is 306 g/mol. The van der Waals surface area contributed by atoms with Crippen LogP contribution in [-0.4, -0.2) is 4.57 Å². The molecule has 0 unspecified atom stereocenters. The number of benzene rings is 2. The lowest BCUT2D eigenvalue weighted by Gasteiger charge is -2.07. The summed E-state index contributed by atoms with van der Waals surface area (Å²) in [4.78, 5) is 5.74. The normalized spacial score (nSPS) is 11.6. The largest absolute Gasteiger partial charge is 0.313 e. The summed E-state index contributed by atoms with van der Waals surface area (Å²) in [6.45, 7) is 6.73. The molecule has 0 aliphatic rings. The molecule has 0 bridgehead atoms. The fourth-order valence-electron chi connectivity index (χ4n) is 2.29. The van der Waals surface area contributed by atoms with Crippen molar-refractivity contribution in [2.45, 2.75) is 13.5 Å². The van der Waals surface area contributed by atoms with Crippen molar-refractivity contribution >= 4 is 17.0 Å². The van der Waals surface area contributed by atoms with Gasteiger partial charge < -0.3 is 4.57 Å². The molecule has 0 radical (unpaired) electrons. The predicted molar refractivity (Wildman–Crippen MR) is 94.3 cm³/mol. The third-order valence-electron chi connectivity index (χ3n) is 3.44. The van der Waals surface area contributed by atoms with Gasteiger partial charge in [-0.3, -0.25) is 0 Å². The van der Waals surface area contributed by atoms with Gasteiger partial charge in [0.1, 0.15) is 0 Å². The molecule has 0 atom stereocenters. The number of allylic oxidation sites excluding steroid dienone is 1. The number of aryl methyl sites for hydroxylation is 1. The molecule has 3 aromatic rings. The summed E-state index contributed by atoms with van der Waals surface area (Å²) in [6, 6.07) is 18.6. The molecule has 22 heavy (non-hydrogen) atoms. The van der Waals surface area contributed by atoms with Crippen molar-refractivity contribution in [3.8, 4) is 11.3 Å². The van der Waals surface area contributed by atoms with E-state index in [9.17, 15) is 0 Å². The summed E-state index contributed by atoms with van der Waals surface area (Å²) in [5.74, 6) is 0. The lowest BCUT2D eigenvalue weighted by molar-refractivity contribution is 0.800. The fourth-order valence-corrected chi connectivity index (χ4v) is 3.23. The highest BCUT2D eigenvalue weighted by Gasteiger charge is 2.06. The first-order valence-corrected chi connectivity index (χ1v) is 8.12. The first-order chi connectivity index (χ1) is 10.8. The van der Waals surface area contributed by atoms with Crippen molar-refractivity contribution < 1.29 is 0 Å². The SMILES string of the molecule is C=CCn1c(-c2ccc(C)cc2)csc1=Nc1ccccc1. The smallest absolute Gasteiger partial charge is 0.190 e. The van der Waals surface area contributed by atoms with Crippen molar-refractivity contribution in [3.63, 3.8) is 0 Å². The van der Waals surface area contributed by atoms with Gasteiger partial charge in [0, 0.05) is 11.9 Å². The summed E-state index contributed by atoms with van der Waals surface area (Å²) in [7, 11) is 0. The minimum Gasteiger partial charge on any atom is -0.313 e. The van der Waals surface area contributed by atoms with Crippen LogP contribution >= 0.6 is 11.3 Å². The second kappa shape index (κ2) is 6.58. The standard InChI is InChI=1S/C19H18N2S/c1-3-13-21-18(16-11-9-15(2)10-12-16)14-22-19(21)20-17-7-5-4-6-8-17/h3-12,14H,1,13H2,2H3. The molecule has 3 heteroatoms. The summed E-state index contributed by atoms with van der Waals surface area (Å²) < 4.78 is 2.20. The van der Waals surface area contributed by atoms with Crippen LogP contribution in [-0.2, 0) is 6.54 Å². The number of hydrogen-bond donors (Lipinski definition) is 0. The molecular formula is C19H18N2S. The van der Waals surface area contributed by atoms with E-state index in [1.165, 1.54) is 16.8 Å². The van der Waals surface area contributed by atoms with Crippen molar-refractivity contribution in [1.82, 2.24) is 4.57 Å². The van der Waals surface area contributed by atoms with E-state index in [4.69, 9.17) is 4.99 Å². The Morgan fingerprint density at radius 1 is 1.09 bits per heavy atom. The lowest BCUT2D eigenvalue weighted by Crippen LogP contribution is -2.14. The Balaban J connectivity index is 2.11. The fraction of sp³-hybridized carbons (Fsp3) is 0.105. The number of aromatic nitrogens is 1.